The molecule has 7 heteroatoms. The summed E-state index contributed by atoms with van der Waals surface area (Å²) in [5, 5.41) is 0. The van der Waals surface area contributed by atoms with Crippen LogP contribution >= 0.6 is 0 Å². The molecule has 0 saturated carbocycles. The minimum atomic E-state index is 0.272. The highest BCUT2D eigenvalue weighted by atomic mass is 16.5. The number of anilines is 1. The molecule has 0 unspecified atom stereocenters. The zero-order chi connectivity index (χ0) is 16.8. The molecule has 7 nitrogen and oxygen atoms in total. The lowest BCUT2D eigenvalue weighted by molar-refractivity contribution is -0.131. The maximum Gasteiger partial charge on any atom is 0.222 e. The second-order valence-corrected chi connectivity index (χ2v) is 6.47. The summed E-state index contributed by atoms with van der Waals surface area (Å²) in [5.41, 5.74) is 0. The van der Waals surface area contributed by atoms with Gasteiger partial charge >= 0.3 is 0 Å². The predicted molar refractivity (Wildman–Crippen MR) is 91.9 cm³/mol. The highest BCUT2D eigenvalue weighted by Crippen LogP contribution is 2.14. The van der Waals surface area contributed by atoms with Gasteiger partial charge in [0.2, 0.25) is 5.91 Å². The molecular weight excluding hydrogens is 306 g/mol. The highest BCUT2D eigenvalue weighted by molar-refractivity contribution is 5.76. The Kier molecular flexibility index (Phi) is 5.98. The fraction of sp³-hybridized carbons (Fsp3) is 0.706. The Morgan fingerprint density at radius 1 is 1.17 bits per heavy atom. The van der Waals surface area contributed by atoms with Crippen LogP contribution in [-0.2, 0) is 9.53 Å². The van der Waals surface area contributed by atoms with Crippen LogP contribution in [0.25, 0.3) is 0 Å². The molecule has 3 heterocycles. The Labute approximate surface area is 143 Å². The van der Waals surface area contributed by atoms with Crippen molar-refractivity contribution in [2.24, 2.45) is 0 Å². The van der Waals surface area contributed by atoms with Gasteiger partial charge in [0, 0.05) is 64.1 Å². The molecule has 2 aliphatic rings. The van der Waals surface area contributed by atoms with E-state index in [2.05, 4.69) is 26.7 Å². The molecule has 0 N–H and O–H groups in total. The number of aromatic nitrogens is 2. The second kappa shape index (κ2) is 8.39. The number of hydrogen-bond acceptors (Lipinski definition) is 6. The van der Waals surface area contributed by atoms with Gasteiger partial charge in [-0.1, -0.05) is 0 Å². The number of rotatable bonds is 5. The average molecular weight is 333 g/mol. The first-order valence-electron chi connectivity index (χ1n) is 8.84. The first-order valence-corrected chi connectivity index (χ1v) is 8.84. The van der Waals surface area contributed by atoms with Gasteiger partial charge in [-0.05, 0) is 13.3 Å². The fourth-order valence-corrected chi connectivity index (χ4v) is 3.33. The molecule has 0 aliphatic carbocycles. The van der Waals surface area contributed by atoms with Crippen molar-refractivity contribution in [3.8, 4) is 0 Å². The summed E-state index contributed by atoms with van der Waals surface area (Å²) in [6.07, 6.45) is 6.72. The van der Waals surface area contributed by atoms with E-state index in [9.17, 15) is 4.79 Å². The van der Waals surface area contributed by atoms with Gasteiger partial charge in [-0.25, -0.2) is 4.98 Å². The minimum absolute atomic E-state index is 0.272. The number of carbonyl (C=O) groups excluding carboxylic acids is 1. The van der Waals surface area contributed by atoms with E-state index in [4.69, 9.17) is 4.74 Å². The smallest absolute Gasteiger partial charge is 0.222 e. The summed E-state index contributed by atoms with van der Waals surface area (Å²) in [4.78, 5) is 27.5. The summed E-state index contributed by atoms with van der Waals surface area (Å²) in [7, 11) is 0. The molecule has 2 fully saturated rings. The average Bonchev–Trinajstić information content (AvgIpc) is 2.67. The number of nitrogens with zero attached hydrogens (tertiary/aromatic N) is 5. The van der Waals surface area contributed by atoms with E-state index in [-0.39, 0.29) is 5.91 Å². The van der Waals surface area contributed by atoms with E-state index in [1.807, 2.05) is 4.90 Å². The molecule has 1 amide bonds. The lowest BCUT2D eigenvalue weighted by atomic mass is 10.1. The Morgan fingerprint density at radius 2 is 1.92 bits per heavy atom. The highest BCUT2D eigenvalue weighted by Gasteiger charge is 2.23. The van der Waals surface area contributed by atoms with Crippen LogP contribution in [0.15, 0.2) is 18.6 Å². The van der Waals surface area contributed by atoms with Crippen LogP contribution in [-0.4, -0.2) is 84.2 Å². The Hall–Kier alpha value is -1.73. The van der Waals surface area contributed by atoms with Gasteiger partial charge in [-0.2, -0.15) is 0 Å². The number of hydrogen-bond donors (Lipinski definition) is 0. The zero-order valence-corrected chi connectivity index (χ0v) is 14.4. The maximum absolute atomic E-state index is 12.5. The van der Waals surface area contributed by atoms with E-state index < -0.39 is 0 Å². The van der Waals surface area contributed by atoms with Crippen LogP contribution in [0.4, 0.5) is 5.82 Å². The van der Waals surface area contributed by atoms with Gasteiger partial charge in [0.1, 0.15) is 5.82 Å². The third kappa shape index (κ3) is 4.42. The Bertz CT molecular complexity index is 513. The molecule has 132 valence electrons. The standard InChI is InChI=1S/C17H27N5O2/c1-15(20-10-12-24-13-11-20)2-3-17(23)22-8-6-21(7-9-22)16-14-18-4-5-19-16/h4-5,14-15H,2-3,6-13H2,1H3/t15-/m1/s1. The van der Waals surface area contributed by atoms with Crippen molar-refractivity contribution in [1.29, 1.82) is 0 Å². The van der Waals surface area contributed by atoms with Crippen LogP contribution in [0.5, 0.6) is 0 Å². The molecule has 3 rings (SSSR count). The van der Waals surface area contributed by atoms with Crippen LogP contribution in [0.3, 0.4) is 0 Å². The van der Waals surface area contributed by atoms with Crippen LogP contribution in [0.2, 0.25) is 0 Å². The van der Waals surface area contributed by atoms with Gasteiger partial charge in [0.05, 0.1) is 19.4 Å². The topological polar surface area (TPSA) is 61.8 Å². The molecule has 0 bridgehead atoms. The van der Waals surface area contributed by atoms with Crippen molar-refractivity contribution < 1.29 is 9.53 Å². The van der Waals surface area contributed by atoms with Crippen molar-refractivity contribution in [2.75, 3.05) is 57.4 Å². The lowest BCUT2D eigenvalue weighted by Crippen LogP contribution is -2.49. The van der Waals surface area contributed by atoms with Crippen molar-refractivity contribution in [2.45, 2.75) is 25.8 Å². The van der Waals surface area contributed by atoms with E-state index in [0.29, 0.717) is 12.5 Å². The quantitative estimate of drug-likeness (QED) is 0.787. The predicted octanol–water partition coefficient (Wildman–Crippen LogP) is 0.626. The summed E-state index contributed by atoms with van der Waals surface area (Å²) >= 11 is 0. The second-order valence-electron chi connectivity index (χ2n) is 6.47. The van der Waals surface area contributed by atoms with Crippen molar-refractivity contribution in [3.05, 3.63) is 18.6 Å². The summed E-state index contributed by atoms with van der Waals surface area (Å²) < 4.78 is 5.39. The monoisotopic (exact) mass is 333 g/mol. The Balaban J connectivity index is 1.40. The number of amides is 1. The molecule has 0 spiro atoms. The largest absolute Gasteiger partial charge is 0.379 e. The number of ether oxygens (including phenoxy) is 1. The van der Waals surface area contributed by atoms with Crippen LogP contribution in [0, 0.1) is 0 Å². The van der Waals surface area contributed by atoms with Gasteiger partial charge in [-0.3, -0.25) is 14.7 Å². The molecule has 0 aromatic carbocycles. The SMILES string of the molecule is C[C@H](CCC(=O)N1CCN(c2cnccn2)CC1)N1CCOCC1. The molecule has 2 saturated heterocycles. The van der Waals surface area contributed by atoms with Gasteiger partial charge in [0.15, 0.2) is 0 Å². The van der Waals surface area contributed by atoms with Gasteiger partial charge in [0.25, 0.3) is 0 Å². The molecule has 1 aromatic rings. The number of morpholine rings is 1. The number of carbonyl (C=O) groups is 1. The van der Waals surface area contributed by atoms with Crippen molar-refractivity contribution in [1.82, 2.24) is 19.8 Å². The normalized spacial score (nSPS) is 20.9. The molecular formula is C17H27N5O2. The third-order valence-corrected chi connectivity index (χ3v) is 4.95. The molecule has 2 aliphatic heterocycles. The van der Waals surface area contributed by atoms with Gasteiger partial charge < -0.3 is 14.5 Å². The van der Waals surface area contributed by atoms with Crippen LogP contribution in [0.1, 0.15) is 19.8 Å². The first-order chi connectivity index (χ1) is 11.7. The minimum Gasteiger partial charge on any atom is -0.379 e. The fourth-order valence-electron chi connectivity index (χ4n) is 3.33. The first kappa shape index (κ1) is 17.1. The summed E-state index contributed by atoms with van der Waals surface area (Å²) in [6.45, 7) is 8.96. The van der Waals surface area contributed by atoms with Gasteiger partial charge in [-0.15, -0.1) is 0 Å². The van der Waals surface area contributed by atoms with E-state index in [0.717, 1.165) is 64.7 Å². The van der Waals surface area contributed by atoms with Crippen LogP contribution < -0.4 is 4.90 Å². The molecule has 0 radical (unpaired) electrons. The molecule has 1 aromatic heterocycles. The van der Waals surface area contributed by atoms with E-state index in [1.165, 1.54) is 0 Å². The van der Waals surface area contributed by atoms with Crippen molar-refractivity contribution in [3.63, 3.8) is 0 Å². The number of piperazine rings is 1. The molecule has 24 heavy (non-hydrogen) atoms. The third-order valence-electron chi connectivity index (χ3n) is 4.95. The zero-order valence-electron chi connectivity index (χ0n) is 14.4. The Morgan fingerprint density at radius 3 is 2.58 bits per heavy atom. The summed E-state index contributed by atoms with van der Waals surface area (Å²) in [5.74, 6) is 1.17. The molecule has 1 atom stereocenters. The lowest BCUT2D eigenvalue weighted by Gasteiger charge is -2.36. The summed E-state index contributed by atoms with van der Waals surface area (Å²) in [6, 6.07) is 0.443. The van der Waals surface area contributed by atoms with Crippen molar-refractivity contribution >= 4 is 11.7 Å². The maximum atomic E-state index is 12.5. The van der Waals surface area contributed by atoms with E-state index >= 15 is 0 Å². The van der Waals surface area contributed by atoms with E-state index in [1.54, 1.807) is 18.6 Å².